The van der Waals surface area contributed by atoms with Crippen molar-refractivity contribution < 1.29 is 27.0 Å². The molecule has 3 atom stereocenters. The van der Waals surface area contributed by atoms with Crippen molar-refractivity contribution in [2.24, 2.45) is 11.8 Å². The number of alkyl halides is 3. The zero-order valence-corrected chi connectivity index (χ0v) is 24.6. The molecule has 0 aliphatic heterocycles. The number of fused-ring (bicyclic) bond motifs is 1. The predicted octanol–water partition coefficient (Wildman–Crippen LogP) is 10.3. The summed E-state index contributed by atoms with van der Waals surface area (Å²) in [7, 11) is 0. The third-order valence-corrected chi connectivity index (χ3v) is 8.95. The smallest absolute Gasteiger partial charge is 0.283 e. The molecule has 4 rings (SSSR count). The number of benzene rings is 2. The standard InChI is InChI=1S/C33H43ClF4O2/c1-3-5-10-26(34)21-40-27-16-13-24(14-17-27)28-18-15-25-20-29(31(35)32(36)30(25)33(28,37)38)39-19-8-6-7-9-22(4-2)23-11-12-23/h13-14,16-17,20,22-23,26,28H,3-12,15,18-19,21H2,1-2H3. The lowest BCUT2D eigenvalue weighted by molar-refractivity contribution is -0.0474. The van der Waals surface area contributed by atoms with Gasteiger partial charge in [-0.15, -0.1) is 11.6 Å². The van der Waals surface area contributed by atoms with Crippen LogP contribution in [-0.4, -0.2) is 18.6 Å². The van der Waals surface area contributed by atoms with Crippen LogP contribution in [0.3, 0.4) is 0 Å². The van der Waals surface area contributed by atoms with Gasteiger partial charge in [-0.25, -0.2) is 13.2 Å². The van der Waals surface area contributed by atoms with Crippen LogP contribution in [0.5, 0.6) is 11.5 Å². The van der Waals surface area contributed by atoms with Crippen LogP contribution >= 0.6 is 11.6 Å². The van der Waals surface area contributed by atoms with Crippen molar-refractivity contribution in [3.63, 3.8) is 0 Å². The van der Waals surface area contributed by atoms with E-state index >= 15 is 13.2 Å². The third kappa shape index (κ3) is 7.66. The van der Waals surface area contributed by atoms with Crippen LogP contribution in [0.4, 0.5) is 17.6 Å². The molecule has 2 nitrogen and oxygen atoms in total. The Morgan fingerprint density at radius 3 is 2.35 bits per heavy atom. The second-order valence-electron chi connectivity index (χ2n) is 11.6. The normalized spacial score (nSPS) is 19.6. The Labute approximate surface area is 241 Å². The number of hydrogen-bond donors (Lipinski definition) is 0. The quantitative estimate of drug-likeness (QED) is 0.111. The molecule has 0 aromatic heterocycles. The first kappa shape index (κ1) is 31.0. The highest BCUT2D eigenvalue weighted by Crippen LogP contribution is 2.51. The average molecular weight is 583 g/mol. The van der Waals surface area contributed by atoms with Crippen LogP contribution in [0, 0.1) is 23.5 Å². The summed E-state index contributed by atoms with van der Waals surface area (Å²) in [5.41, 5.74) is -0.366. The summed E-state index contributed by atoms with van der Waals surface area (Å²) in [6.45, 7) is 4.91. The second kappa shape index (κ2) is 14.3. The first-order chi connectivity index (χ1) is 19.3. The molecule has 40 heavy (non-hydrogen) atoms. The van der Waals surface area contributed by atoms with Crippen LogP contribution in [0.2, 0.25) is 0 Å². The van der Waals surface area contributed by atoms with Gasteiger partial charge in [-0.05, 0) is 79.7 Å². The van der Waals surface area contributed by atoms with E-state index in [1.807, 2.05) is 0 Å². The van der Waals surface area contributed by atoms with E-state index < -0.39 is 29.0 Å². The van der Waals surface area contributed by atoms with Gasteiger partial charge in [0, 0.05) is 0 Å². The highest BCUT2D eigenvalue weighted by Gasteiger charge is 2.49. The molecule has 0 amide bonds. The third-order valence-electron chi connectivity index (χ3n) is 8.60. The molecule has 7 heteroatoms. The summed E-state index contributed by atoms with van der Waals surface area (Å²) in [5, 5.41) is -0.115. The zero-order valence-electron chi connectivity index (χ0n) is 23.8. The fraction of sp³-hybridized carbons (Fsp3) is 0.636. The van der Waals surface area contributed by atoms with E-state index in [9.17, 15) is 4.39 Å². The molecule has 0 saturated heterocycles. The molecule has 1 saturated carbocycles. The molecule has 3 unspecified atom stereocenters. The highest BCUT2D eigenvalue weighted by molar-refractivity contribution is 6.20. The van der Waals surface area contributed by atoms with Crippen molar-refractivity contribution in [1.29, 1.82) is 0 Å². The van der Waals surface area contributed by atoms with Gasteiger partial charge in [-0.2, -0.15) is 4.39 Å². The lowest BCUT2D eigenvalue weighted by Gasteiger charge is -2.34. The molecular weight excluding hydrogens is 540 g/mol. The summed E-state index contributed by atoms with van der Waals surface area (Å²) in [6, 6.07) is 7.69. The van der Waals surface area contributed by atoms with Gasteiger partial charge in [0.2, 0.25) is 5.82 Å². The molecule has 222 valence electrons. The first-order valence-corrected chi connectivity index (χ1v) is 15.6. The minimum Gasteiger partial charge on any atom is -0.492 e. The van der Waals surface area contributed by atoms with E-state index in [2.05, 4.69) is 13.8 Å². The maximum atomic E-state index is 15.6. The molecule has 0 radical (unpaired) electrons. The van der Waals surface area contributed by atoms with Gasteiger partial charge in [0.05, 0.1) is 23.5 Å². The van der Waals surface area contributed by atoms with Crippen LogP contribution in [-0.2, 0) is 12.3 Å². The fourth-order valence-electron chi connectivity index (χ4n) is 6.05. The zero-order chi connectivity index (χ0) is 28.7. The fourth-order valence-corrected chi connectivity index (χ4v) is 6.26. The maximum absolute atomic E-state index is 15.6. The number of rotatable bonds is 16. The molecule has 2 aromatic rings. The number of hydrogen-bond acceptors (Lipinski definition) is 2. The lowest BCUT2D eigenvalue weighted by Crippen LogP contribution is -2.32. The predicted molar refractivity (Wildman–Crippen MR) is 153 cm³/mol. The number of unbranched alkanes of at least 4 members (excludes halogenated alkanes) is 3. The van der Waals surface area contributed by atoms with Crippen LogP contribution in [0.1, 0.15) is 107 Å². The van der Waals surface area contributed by atoms with Gasteiger partial charge >= 0.3 is 0 Å². The number of halogens is 5. The van der Waals surface area contributed by atoms with Crippen molar-refractivity contribution in [1.82, 2.24) is 0 Å². The van der Waals surface area contributed by atoms with Crippen molar-refractivity contribution in [2.75, 3.05) is 13.2 Å². The Hall–Kier alpha value is -1.95. The SMILES string of the molecule is CCCCC(Cl)COc1ccc(C2CCc3cc(OCCCCCC(CC)C4CC4)c(F)c(F)c3C2(F)F)cc1. The van der Waals surface area contributed by atoms with Gasteiger partial charge < -0.3 is 9.47 Å². The number of aryl methyl sites for hydroxylation is 1. The Morgan fingerprint density at radius 1 is 0.925 bits per heavy atom. The molecule has 0 heterocycles. The molecule has 2 aliphatic rings. The molecule has 2 aliphatic carbocycles. The van der Waals surface area contributed by atoms with Crippen LogP contribution in [0.25, 0.3) is 0 Å². The summed E-state index contributed by atoms with van der Waals surface area (Å²) < 4.78 is 72.6. The van der Waals surface area contributed by atoms with Gasteiger partial charge in [-0.3, -0.25) is 0 Å². The lowest BCUT2D eigenvalue weighted by atomic mass is 9.76. The van der Waals surface area contributed by atoms with Crippen molar-refractivity contribution in [3.8, 4) is 11.5 Å². The maximum Gasteiger partial charge on any atom is 0.283 e. The monoisotopic (exact) mass is 582 g/mol. The van der Waals surface area contributed by atoms with E-state index in [0.717, 1.165) is 50.4 Å². The van der Waals surface area contributed by atoms with Gasteiger partial charge in [0.15, 0.2) is 11.6 Å². The molecular formula is C33H43ClF4O2. The summed E-state index contributed by atoms with van der Waals surface area (Å²) in [4.78, 5) is 0. The minimum atomic E-state index is -3.56. The van der Waals surface area contributed by atoms with Crippen molar-refractivity contribution in [2.45, 2.75) is 108 Å². The Kier molecular flexibility index (Phi) is 11.1. The van der Waals surface area contributed by atoms with Gasteiger partial charge in [0.25, 0.3) is 5.92 Å². The largest absolute Gasteiger partial charge is 0.492 e. The molecule has 0 N–H and O–H groups in total. The van der Waals surface area contributed by atoms with Crippen molar-refractivity contribution >= 4 is 11.6 Å². The Morgan fingerprint density at radius 2 is 1.68 bits per heavy atom. The van der Waals surface area contributed by atoms with E-state index in [0.29, 0.717) is 17.9 Å². The molecule has 1 fully saturated rings. The first-order valence-electron chi connectivity index (χ1n) is 15.1. The molecule has 0 bridgehead atoms. The van der Waals surface area contributed by atoms with E-state index in [4.69, 9.17) is 21.1 Å². The topological polar surface area (TPSA) is 18.5 Å². The van der Waals surface area contributed by atoms with Gasteiger partial charge in [-0.1, -0.05) is 64.5 Å². The molecule has 0 spiro atoms. The number of ether oxygens (including phenoxy) is 2. The van der Waals surface area contributed by atoms with E-state index in [1.165, 1.54) is 31.7 Å². The summed E-state index contributed by atoms with van der Waals surface area (Å²) >= 11 is 6.26. The van der Waals surface area contributed by atoms with Crippen LogP contribution in [0.15, 0.2) is 30.3 Å². The Balaban J connectivity index is 1.34. The van der Waals surface area contributed by atoms with E-state index in [1.54, 1.807) is 24.3 Å². The second-order valence-corrected chi connectivity index (χ2v) is 12.2. The van der Waals surface area contributed by atoms with Gasteiger partial charge in [0.1, 0.15) is 12.4 Å². The Bertz CT molecular complexity index is 1090. The van der Waals surface area contributed by atoms with Crippen LogP contribution < -0.4 is 9.47 Å². The average Bonchev–Trinajstić information content (AvgIpc) is 3.78. The minimum absolute atomic E-state index is 0.115. The highest BCUT2D eigenvalue weighted by atomic mass is 35.5. The van der Waals surface area contributed by atoms with Crippen molar-refractivity contribution in [3.05, 3.63) is 58.7 Å². The summed E-state index contributed by atoms with van der Waals surface area (Å²) in [6.07, 6.45) is 11.1. The van der Waals surface area contributed by atoms with E-state index in [-0.39, 0.29) is 36.1 Å². The summed E-state index contributed by atoms with van der Waals surface area (Å²) in [5.74, 6) is -5.70. The molecule has 2 aromatic carbocycles.